The van der Waals surface area contributed by atoms with Crippen LogP contribution in [-0.4, -0.2) is 31.1 Å². The van der Waals surface area contributed by atoms with E-state index in [1.807, 2.05) is 0 Å². The van der Waals surface area contributed by atoms with E-state index in [4.69, 9.17) is 4.74 Å². The summed E-state index contributed by atoms with van der Waals surface area (Å²) in [5.74, 6) is 0.932. The molecule has 3 nitrogen and oxygen atoms in total. The Kier molecular flexibility index (Phi) is 7.31. The van der Waals surface area contributed by atoms with Crippen LogP contribution in [0.3, 0.4) is 0 Å². The van der Waals surface area contributed by atoms with Crippen LogP contribution in [0.25, 0.3) is 0 Å². The normalized spacial score (nSPS) is 15.7. The second-order valence-corrected chi connectivity index (χ2v) is 8.89. The SMILES string of the molecule is CCN(CC)CCOc1ccc(N2c3ccccc3CCC2c2ccc(Br)cc2)cc1. The highest BCUT2D eigenvalue weighted by Gasteiger charge is 2.28. The molecule has 1 atom stereocenters. The van der Waals surface area contributed by atoms with Gasteiger partial charge in [0, 0.05) is 22.4 Å². The molecule has 0 aliphatic carbocycles. The van der Waals surface area contributed by atoms with Crippen molar-refractivity contribution in [3.63, 3.8) is 0 Å². The number of anilines is 2. The number of ether oxygens (including phenoxy) is 1. The molecule has 0 radical (unpaired) electrons. The molecular formula is C27H31BrN2O. The number of rotatable bonds is 8. The molecule has 0 spiro atoms. The van der Waals surface area contributed by atoms with Gasteiger partial charge in [-0.25, -0.2) is 0 Å². The zero-order valence-electron chi connectivity index (χ0n) is 18.4. The molecular weight excluding hydrogens is 448 g/mol. The third-order valence-corrected chi connectivity index (χ3v) is 6.72. The summed E-state index contributed by atoms with van der Waals surface area (Å²) in [7, 11) is 0. The number of hydrogen-bond donors (Lipinski definition) is 0. The van der Waals surface area contributed by atoms with Gasteiger partial charge >= 0.3 is 0 Å². The lowest BCUT2D eigenvalue weighted by molar-refractivity contribution is 0.223. The van der Waals surface area contributed by atoms with Crippen molar-refractivity contribution in [2.24, 2.45) is 0 Å². The highest BCUT2D eigenvalue weighted by molar-refractivity contribution is 9.10. The van der Waals surface area contributed by atoms with Crippen molar-refractivity contribution in [3.05, 3.63) is 88.4 Å². The predicted octanol–water partition coefficient (Wildman–Crippen LogP) is 7.00. The van der Waals surface area contributed by atoms with Crippen molar-refractivity contribution in [2.75, 3.05) is 31.1 Å². The second kappa shape index (κ2) is 10.3. The summed E-state index contributed by atoms with van der Waals surface area (Å²) in [6.45, 7) is 8.18. The standard InChI is InChI=1S/C27H31BrN2O/c1-3-29(4-2)19-20-31-25-16-14-24(15-17-25)30-26-8-6-5-7-21(26)11-18-27(30)22-9-12-23(28)13-10-22/h5-10,12-17,27H,3-4,11,18-20H2,1-2H3. The molecule has 0 fully saturated rings. The summed E-state index contributed by atoms with van der Waals surface area (Å²) in [5.41, 5.74) is 5.26. The van der Waals surface area contributed by atoms with Crippen molar-refractivity contribution in [2.45, 2.75) is 32.7 Å². The Balaban J connectivity index is 1.57. The first kappa shape index (κ1) is 21.9. The van der Waals surface area contributed by atoms with Crippen molar-refractivity contribution >= 4 is 27.3 Å². The fraction of sp³-hybridized carbons (Fsp3) is 0.333. The zero-order chi connectivity index (χ0) is 21.6. The van der Waals surface area contributed by atoms with Crippen LogP contribution in [-0.2, 0) is 6.42 Å². The highest BCUT2D eigenvalue weighted by atomic mass is 79.9. The van der Waals surface area contributed by atoms with E-state index in [1.54, 1.807) is 0 Å². The number of likely N-dealkylation sites (N-methyl/N-ethyl adjacent to an activating group) is 1. The second-order valence-electron chi connectivity index (χ2n) is 7.97. The number of benzene rings is 3. The molecule has 0 saturated carbocycles. The Morgan fingerprint density at radius 3 is 2.35 bits per heavy atom. The average molecular weight is 479 g/mol. The molecule has 31 heavy (non-hydrogen) atoms. The molecule has 162 valence electrons. The Morgan fingerprint density at radius 1 is 0.935 bits per heavy atom. The maximum Gasteiger partial charge on any atom is 0.119 e. The lowest BCUT2D eigenvalue weighted by Gasteiger charge is -2.39. The summed E-state index contributed by atoms with van der Waals surface area (Å²) in [4.78, 5) is 4.86. The number of aryl methyl sites for hydroxylation is 1. The van der Waals surface area contributed by atoms with Crippen LogP contribution in [0, 0.1) is 0 Å². The van der Waals surface area contributed by atoms with Gasteiger partial charge in [-0.3, -0.25) is 0 Å². The van der Waals surface area contributed by atoms with Crippen molar-refractivity contribution in [1.82, 2.24) is 4.90 Å². The predicted molar refractivity (Wildman–Crippen MR) is 134 cm³/mol. The summed E-state index contributed by atoms with van der Waals surface area (Å²) in [5, 5.41) is 0. The quantitative estimate of drug-likeness (QED) is 0.346. The number of fused-ring (bicyclic) bond motifs is 1. The molecule has 1 heterocycles. The average Bonchev–Trinajstić information content (AvgIpc) is 2.82. The van der Waals surface area contributed by atoms with Gasteiger partial charge in [0.2, 0.25) is 0 Å². The minimum absolute atomic E-state index is 0.317. The Hall–Kier alpha value is -2.30. The van der Waals surface area contributed by atoms with E-state index in [0.29, 0.717) is 6.04 Å². The molecule has 0 bridgehead atoms. The number of halogens is 1. The van der Waals surface area contributed by atoms with Crippen LogP contribution >= 0.6 is 15.9 Å². The number of para-hydroxylation sites is 1. The van der Waals surface area contributed by atoms with E-state index in [1.165, 1.54) is 22.5 Å². The van der Waals surface area contributed by atoms with Gasteiger partial charge in [0.25, 0.3) is 0 Å². The summed E-state index contributed by atoms with van der Waals surface area (Å²) >= 11 is 3.57. The molecule has 0 aromatic heterocycles. The Morgan fingerprint density at radius 2 is 1.65 bits per heavy atom. The maximum absolute atomic E-state index is 6.01. The molecule has 0 amide bonds. The third kappa shape index (κ3) is 5.13. The van der Waals surface area contributed by atoms with Crippen LogP contribution in [0.2, 0.25) is 0 Å². The lowest BCUT2D eigenvalue weighted by Crippen LogP contribution is -2.29. The first-order chi connectivity index (χ1) is 15.2. The largest absolute Gasteiger partial charge is 0.492 e. The van der Waals surface area contributed by atoms with E-state index in [0.717, 1.165) is 49.3 Å². The van der Waals surface area contributed by atoms with E-state index in [9.17, 15) is 0 Å². The fourth-order valence-corrected chi connectivity index (χ4v) is 4.67. The van der Waals surface area contributed by atoms with Crippen molar-refractivity contribution in [1.29, 1.82) is 0 Å². The summed E-state index contributed by atoms with van der Waals surface area (Å²) < 4.78 is 7.13. The highest BCUT2D eigenvalue weighted by Crippen LogP contribution is 2.44. The molecule has 1 aliphatic rings. The molecule has 3 aromatic rings. The number of hydrogen-bond acceptors (Lipinski definition) is 3. The molecule has 0 saturated heterocycles. The smallest absolute Gasteiger partial charge is 0.119 e. The monoisotopic (exact) mass is 478 g/mol. The number of nitrogens with zero attached hydrogens (tertiary/aromatic N) is 2. The van der Waals surface area contributed by atoms with Gasteiger partial charge < -0.3 is 14.5 Å². The van der Waals surface area contributed by atoms with Crippen LogP contribution in [0.15, 0.2) is 77.3 Å². The minimum atomic E-state index is 0.317. The van der Waals surface area contributed by atoms with Crippen LogP contribution in [0.1, 0.15) is 37.4 Å². The Labute approximate surface area is 194 Å². The molecule has 1 aliphatic heterocycles. The van der Waals surface area contributed by atoms with Crippen LogP contribution in [0.5, 0.6) is 5.75 Å². The molecule has 4 rings (SSSR count). The van der Waals surface area contributed by atoms with Gasteiger partial charge in [-0.1, -0.05) is 60.1 Å². The lowest BCUT2D eigenvalue weighted by atomic mass is 9.90. The zero-order valence-corrected chi connectivity index (χ0v) is 20.0. The van der Waals surface area contributed by atoms with Crippen LogP contribution in [0.4, 0.5) is 11.4 Å². The van der Waals surface area contributed by atoms with E-state index in [2.05, 4.69) is 112 Å². The van der Waals surface area contributed by atoms with Gasteiger partial charge in [0.15, 0.2) is 0 Å². The fourth-order valence-electron chi connectivity index (χ4n) is 4.40. The summed E-state index contributed by atoms with van der Waals surface area (Å²) in [6, 6.07) is 26.5. The molecule has 4 heteroatoms. The first-order valence-electron chi connectivity index (χ1n) is 11.3. The van der Waals surface area contributed by atoms with E-state index < -0.39 is 0 Å². The Bertz CT molecular complexity index is 967. The van der Waals surface area contributed by atoms with Gasteiger partial charge in [-0.05, 0) is 79.5 Å². The van der Waals surface area contributed by atoms with Gasteiger partial charge in [0.05, 0.1) is 6.04 Å². The van der Waals surface area contributed by atoms with Gasteiger partial charge in [0.1, 0.15) is 12.4 Å². The third-order valence-electron chi connectivity index (χ3n) is 6.19. The molecule has 1 unspecified atom stereocenters. The molecule has 3 aromatic carbocycles. The van der Waals surface area contributed by atoms with E-state index in [-0.39, 0.29) is 0 Å². The topological polar surface area (TPSA) is 15.7 Å². The van der Waals surface area contributed by atoms with Crippen LogP contribution < -0.4 is 9.64 Å². The minimum Gasteiger partial charge on any atom is -0.492 e. The van der Waals surface area contributed by atoms with Crippen molar-refractivity contribution in [3.8, 4) is 5.75 Å². The first-order valence-corrected chi connectivity index (χ1v) is 12.1. The van der Waals surface area contributed by atoms with E-state index >= 15 is 0 Å². The van der Waals surface area contributed by atoms with Gasteiger partial charge in [-0.2, -0.15) is 0 Å². The van der Waals surface area contributed by atoms with Gasteiger partial charge in [-0.15, -0.1) is 0 Å². The summed E-state index contributed by atoms with van der Waals surface area (Å²) in [6.07, 6.45) is 2.20. The molecule has 0 N–H and O–H groups in total. The van der Waals surface area contributed by atoms with Crippen molar-refractivity contribution < 1.29 is 4.74 Å². The maximum atomic E-state index is 6.01.